The molecule has 2 N–H and O–H groups in total. The summed E-state index contributed by atoms with van der Waals surface area (Å²) in [5, 5.41) is -0.601. The molecule has 0 radical (unpaired) electrons. The molecular formula is C16H31NO3S. The van der Waals surface area contributed by atoms with Crippen LogP contribution in [0.3, 0.4) is 0 Å². The average Bonchev–Trinajstić information content (AvgIpc) is 2.48. The Balaban J connectivity index is 2.16. The van der Waals surface area contributed by atoms with E-state index < -0.39 is 9.84 Å². The molecule has 0 bridgehead atoms. The lowest BCUT2D eigenvalue weighted by Crippen LogP contribution is -2.51. The molecule has 2 fully saturated rings. The molecular weight excluding hydrogens is 286 g/mol. The standard InChI is InChI=1S/C16H31NO3S/c1-4-16(2,3)12-5-6-14(17)15(11-12)21(18,19)13-7-9-20-10-8-13/h12-15H,4-11,17H2,1-3H3. The third-order valence-electron chi connectivity index (χ3n) is 5.91. The highest BCUT2D eigenvalue weighted by Gasteiger charge is 2.44. The van der Waals surface area contributed by atoms with Gasteiger partial charge in [-0.2, -0.15) is 0 Å². The van der Waals surface area contributed by atoms with Crippen LogP contribution in [0.4, 0.5) is 0 Å². The van der Waals surface area contributed by atoms with Crippen LogP contribution in [-0.4, -0.2) is 38.2 Å². The zero-order valence-electron chi connectivity index (χ0n) is 13.7. The second-order valence-electron chi connectivity index (χ2n) is 7.46. The summed E-state index contributed by atoms with van der Waals surface area (Å²) in [5.41, 5.74) is 6.41. The van der Waals surface area contributed by atoms with E-state index in [2.05, 4.69) is 20.8 Å². The SMILES string of the molecule is CCC(C)(C)C1CCC(N)C(S(=O)(=O)C2CCOCC2)C1. The highest BCUT2D eigenvalue weighted by atomic mass is 32.2. The summed E-state index contributed by atoms with van der Waals surface area (Å²) in [6.07, 6.45) is 4.97. The van der Waals surface area contributed by atoms with Crippen LogP contribution in [0.2, 0.25) is 0 Å². The van der Waals surface area contributed by atoms with Crippen molar-refractivity contribution in [3.63, 3.8) is 0 Å². The van der Waals surface area contributed by atoms with Gasteiger partial charge in [-0.25, -0.2) is 8.42 Å². The Hall–Kier alpha value is -0.130. The summed E-state index contributed by atoms with van der Waals surface area (Å²) in [4.78, 5) is 0. The van der Waals surface area contributed by atoms with Crippen molar-refractivity contribution in [1.29, 1.82) is 0 Å². The largest absolute Gasteiger partial charge is 0.381 e. The van der Waals surface area contributed by atoms with Crippen molar-refractivity contribution in [1.82, 2.24) is 0 Å². The Labute approximate surface area is 129 Å². The van der Waals surface area contributed by atoms with Crippen LogP contribution in [0.25, 0.3) is 0 Å². The first-order valence-corrected chi connectivity index (χ1v) is 9.96. The molecule has 1 heterocycles. The zero-order valence-corrected chi connectivity index (χ0v) is 14.5. The van der Waals surface area contributed by atoms with E-state index in [9.17, 15) is 8.42 Å². The van der Waals surface area contributed by atoms with Gasteiger partial charge in [-0.05, 0) is 43.4 Å². The molecule has 1 aliphatic heterocycles. The van der Waals surface area contributed by atoms with Gasteiger partial charge in [-0.3, -0.25) is 0 Å². The van der Waals surface area contributed by atoms with Crippen LogP contribution in [0.1, 0.15) is 59.3 Å². The van der Waals surface area contributed by atoms with Crippen LogP contribution in [0.5, 0.6) is 0 Å². The number of ether oxygens (including phenoxy) is 1. The van der Waals surface area contributed by atoms with Crippen molar-refractivity contribution >= 4 is 9.84 Å². The highest BCUT2D eigenvalue weighted by Crippen LogP contribution is 2.42. The second-order valence-corrected chi connectivity index (χ2v) is 9.91. The lowest BCUT2D eigenvalue weighted by molar-refractivity contribution is 0.0973. The minimum absolute atomic E-state index is 0.193. The Morgan fingerprint density at radius 2 is 1.76 bits per heavy atom. The van der Waals surface area contributed by atoms with E-state index in [4.69, 9.17) is 10.5 Å². The van der Waals surface area contributed by atoms with Crippen molar-refractivity contribution in [2.45, 2.75) is 75.8 Å². The summed E-state index contributed by atoms with van der Waals surface area (Å²) in [5.74, 6) is 0.460. The van der Waals surface area contributed by atoms with Gasteiger partial charge in [-0.1, -0.05) is 27.2 Å². The Bertz CT molecular complexity index is 440. The number of rotatable bonds is 4. The van der Waals surface area contributed by atoms with E-state index in [0.717, 1.165) is 25.7 Å². The van der Waals surface area contributed by atoms with Crippen LogP contribution >= 0.6 is 0 Å². The number of hydrogen-bond donors (Lipinski definition) is 1. The number of hydrogen-bond acceptors (Lipinski definition) is 4. The first-order valence-electron chi connectivity index (χ1n) is 8.35. The zero-order chi connectivity index (χ0) is 15.7. The highest BCUT2D eigenvalue weighted by molar-refractivity contribution is 7.92. The molecule has 0 aromatic carbocycles. The van der Waals surface area contributed by atoms with Gasteiger partial charge in [-0.15, -0.1) is 0 Å². The van der Waals surface area contributed by atoms with Crippen molar-refractivity contribution in [3.05, 3.63) is 0 Å². The van der Waals surface area contributed by atoms with Crippen LogP contribution in [-0.2, 0) is 14.6 Å². The van der Waals surface area contributed by atoms with Gasteiger partial charge in [0.25, 0.3) is 0 Å². The smallest absolute Gasteiger partial charge is 0.157 e. The fraction of sp³-hybridized carbons (Fsp3) is 1.00. The monoisotopic (exact) mass is 317 g/mol. The fourth-order valence-electron chi connectivity index (χ4n) is 3.78. The summed E-state index contributed by atoms with van der Waals surface area (Å²) in [6, 6.07) is -0.193. The van der Waals surface area contributed by atoms with Crippen molar-refractivity contribution < 1.29 is 13.2 Å². The van der Waals surface area contributed by atoms with E-state index in [-0.39, 0.29) is 22.0 Å². The lowest BCUT2D eigenvalue weighted by atomic mass is 9.69. The van der Waals surface area contributed by atoms with E-state index in [0.29, 0.717) is 32.0 Å². The van der Waals surface area contributed by atoms with Crippen molar-refractivity contribution in [2.75, 3.05) is 13.2 Å². The first kappa shape index (κ1) is 17.2. The van der Waals surface area contributed by atoms with Crippen LogP contribution in [0.15, 0.2) is 0 Å². The van der Waals surface area contributed by atoms with E-state index in [1.165, 1.54) is 0 Å². The molecule has 1 saturated heterocycles. The Morgan fingerprint density at radius 1 is 1.14 bits per heavy atom. The summed E-state index contributed by atoms with van der Waals surface area (Å²) in [7, 11) is -3.14. The maximum Gasteiger partial charge on any atom is 0.157 e. The molecule has 0 spiro atoms. The number of sulfone groups is 1. The predicted molar refractivity (Wildman–Crippen MR) is 85.9 cm³/mol. The molecule has 0 aromatic rings. The first-order chi connectivity index (χ1) is 9.79. The van der Waals surface area contributed by atoms with Crippen LogP contribution in [0, 0.1) is 11.3 Å². The molecule has 4 nitrogen and oxygen atoms in total. The maximum absolute atomic E-state index is 13.0. The van der Waals surface area contributed by atoms with Gasteiger partial charge < -0.3 is 10.5 Å². The van der Waals surface area contributed by atoms with Crippen molar-refractivity contribution in [2.24, 2.45) is 17.1 Å². The third-order valence-corrected chi connectivity index (χ3v) is 8.70. The second kappa shape index (κ2) is 6.55. The minimum Gasteiger partial charge on any atom is -0.381 e. The third kappa shape index (κ3) is 3.62. The molecule has 2 aliphatic rings. The molecule has 21 heavy (non-hydrogen) atoms. The molecule has 0 aromatic heterocycles. The predicted octanol–water partition coefficient (Wildman–Crippen LogP) is 2.51. The Kier molecular flexibility index (Phi) is 5.37. The fourth-order valence-corrected chi connectivity index (χ4v) is 6.25. The molecule has 124 valence electrons. The molecule has 0 amide bonds. The van der Waals surface area contributed by atoms with Crippen molar-refractivity contribution in [3.8, 4) is 0 Å². The van der Waals surface area contributed by atoms with E-state index >= 15 is 0 Å². The van der Waals surface area contributed by atoms with Crippen LogP contribution < -0.4 is 5.73 Å². The summed E-state index contributed by atoms with van der Waals surface area (Å²) >= 11 is 0. The molecule has 1 saturated carbocycles. The molecule has 3 atom stereocenters. The lowest BCUT2D eigenvalue weighted by Gasteiger charge is -2.42. The minimum atomic E-state index is -3.14. The van der Waals surface area contributed by atoms with Gasteiger partial charge in [0.05, 0.1) is 10.5 Å². The number of nitrogens with two attached hydrogens (primary N) is 1. The molecule has 1 aliphatic carbocycles. The topological polar surface area (TPSA) is 69.4 Å². The van der Waals surface area contributed by atoms with E-state index in [1.807, 2.05) is 0 Å². The quantitative estimate of drug-likeness (QED) is 0.865. The van der Waals surface area contributed by atoms with Gasteiger partial charge in [0.15, 0.2) is 9.84 Å². The normalized spacial score (nSPS) is 33.0. The Morgan fingerprint density at radius 3 is 2.33 bits per heavy atom. The average molecular weight is 317 g/mol. The maximum atomic E-state index is 13.0. The molecule has 5 heteroatoms. The van der Waals surface area contributed by atoms with Gasteiger partial charge >= 0.3 is 0 Å². The summed E-state index contributed by atoms with van der Waals surface area (Å²) < 4.78 is 31.3. The molecule has 3 unspecified atom stereocenters. The van der Waals surface area contributed by atoms with Gasteiger partial charge in [0.2, 0.25) is 0 Å². The van der Waals surface area contributed by atoms with Gasteiger partial charge in [0.1, 0.15) is 0 Å². The van der Waals surface area contributed by atoms with Gasteiger partial charge in [0, 0.05) is 19.3 Å². The van der Waals surface area contributed by atoms with E-state index in [1.54, 1.807) is 0 Å². The molecule has 2 rings (SSSR count). The summed E-state index contributed by atoms with van der Waals surface area (Å²) in [6.45, 7) is 7.83.